The van der Waals surface area contributed by atoms with Gasteiger partial charge in [0, 0.05) is 11.3 Å². The molecule has 0 aliphatic carbocycles. The zero-order valence-electron chi connectivity index (χ0n) is 10.6. The summed E-state index contributed by atoms with van der Waals surface area (Å²) in [6, 6.07) is 11.2. The predicted molar refractivity (Wildman–Crippen MR) is 72.8 cm³/mol. The number of rotatable bonds is 3. The van der Waals surface area contributed by atoms with Crippen molar-refractivity contribution in [3.63, 3.8) is 0 Å². The lowest BCUT2D eigenvalue weighted by atomic mass is 10.1. The van der Waals surface area contributed by atoms with Crippen molar-refractivity contribution in [1.82, 2.24) is 0 Å². The van der Waals surface area contributed by atoms with E-state index in [0.29, 0.717) is 12.4 Å². The number of ether oxygens (including phenoxy) is 1. The number of aryl methyl sites for hydroxylation is 2. The Morgan fingerprint density at radius 2 is 1.83 bits per heavy atom. The molecule has 0 radical (unpaired) electrons. The lowest BCUT2D eigenvalue weighted by Crippen LogP contribution is -2.01. The molecule has 2 rings (SSSR count). The Balaban J connectivity index is 2.16. The second kappa shape index (κ2) is 5.00. The van der Waals surface area contributed by atoms with Crippen LogP contribution >= 0.6 is 0 Å². The second-order valence-electron chi connectivity index (χ2n) is 4.39. The molecule has 0 saturated heterocycles. The number of para-hydroxylation sites is 1. The first-order chi connectivity index (χ1) is 8.58. The Hall–Kier alpha value is -2.16. The van der Waals surface area contributed by atoms with Crippen molar-refractivity contribution in [1.29, 1.82) is 0 Å². The van der Waals surface area contributed by atoms with Crippen LogP contribution in [0.3, 0.4) is 0 Å². The Morgan fingerprint density at radius 1 is 1.11 bits per heavy atom. The molecule has 0 aliphatic heterocycles. The van der Waals surface area contributed by atoms with Crippen molar-refractivity contribution in [3.05, 3.63) is 53.1 Å². The maximum atomic E-state index is 9.58. The van der Waals surface area contributed by atoms with Gasteiger partial charge in [0.05, 0.1) is 0 Å². The summed E-state index contributed by atoms with van der Waals surface area (Å²) >= 11 is 0. The summed E-state index contributed by atoms with van der Waals surface area (Å²) in [7, 11) is 0. The van der Waals surface area contributed by atoms with Crippen LogP contribution in [-0.4, -0.2) is 5.11 Å². The summed E-state index contributed by atoms with van der Waals surface area (Å²) in [6.45, 7) is 4.18. The van der Waals surface area contributed by atoms with Crippen LogP contribution in [0.1, 0.15) is 16.7 Å². The van der Waals surface area contributed by atoms with Crippen LogP contribution in [0.4, 0.5) is 5.69 Å². The molecule has 2 aromatic carbocycles. The van der Waals surface area contributed by atoms with Gasteiger partial charge in [-0.15, -0.1) is 0 Å². The number of phenolic OH excluding ortho intramolecular Hbond substituents is 1. The van der Waals surface area contributed by atoms with Gasteiger partial charge in [-0.3, -0.25) is 0 Å². The number of aromatic hydroxyl groups is 1. The highest BCUT2D eigenvalue weighted by molar-refractivity contribution is 5.47. The molecule has 0 amide bonds. The van der Waals surface area contributed by atoms with Crippen molar-refractivity contribution in [3.8, 4) is 11.5 Å². The first-order valence-corrected chi connectivity index (χ1v) is 5.84. The van der Waals surface area contributed by atoms with Crippen molar-refractivity contribution in [2.24, 2.45) is 0 Å². The molecule has 3 nitrogen and oxygen atoms in total. The average molecular weight is 243 g/mol. The van der Waals surface area contributed by atoms with E-state index in [2.05, 4.69) is 0 Å². The van der Waals surface area contributed by atoms with Gasteiger partial charge in [0.2, 0.25) is 0 Å². The number of benzene rings is 2. The molecule has 2 aromatic rings. The number of nitrogen functional groups attached to an aromatic ring is 1. The van der Waals surface area contributed by atoms with E-state index in [4.69, 9.17) is 10.5 Å². The maximum Gasteiger partial charge on any atom is 0.123 e. The molecule has 0 aliphatic rings. The molecule has 0 saturated carbocycles. The topological polar surface area (TPSA) is 55.5 Å². The molecule has 0 aromatic heterocycles. The molecular weight excluding hydrogens is 226 g/mol. The first-order valence-electron chi connectivity index (χ1n) is 5.84. The van der Waals surface area contributed by atoms with Gasteiger partial charge in [-0.25, -0.2) is 0 Å². The molecule has 3 N–H and O–H groups in total. The van der Waals surface area contributed by atoms with Crippen LogP contribution in [0.25, 0.3) is 0 Å². The largest absolute Gasteiger partial charge is 0.508 e. The number of hydrogen-bond donors (Lipinski definition) is 2. The van der Waals surface area contributed by atoms with Crippen LogP contribution in [0.5, 0.6) is 11.5 Å². The fourth-order valence-electron chi connectivity index (χ4n) is 1.75. The molecule has 94 valence electrons. The third-order valence-electron chi connectivity index (χ3n) is 2.93. The third-order valence-corrected chi connectivity index (χ3v) is 2.93. The van der Waals surface area contributed by atoms with Crippen LogP contribution < -0.4 is 10.5 Å². The fraction of sp³-hybridized carbons (Fsp3) is 0.200. The number of nitrogens with two attached hydrogens (primary N) is 1. The zero-order chi connectivity index (χ0) is 13.1. The highest BCUT2D eigenvalue weighted by Gasteiger charge is 2.05. The van der Waals surface area contributed by atoms with Gasteiger partial charge in [0.1, 0.15) is 18.1 Å². The van der Waals surface area contributed by atoms with Crippen LogP contribution in [0.15, 0.2) is 36.4 Å². The lowest BCUT2D eigenvalue weighted by molar-refractivity contribution is 0.304. The highest BCUT2D eigenvalue weighted by Crippen LogP contribution is 2.27. The minimum absolute atomic E-state index is 0.291. The van der Waals surface area contributed by atoms with E-state index in [0.717, 1.165) is 28.1 Å². The third kappa shape index (κ3) is 2.56. The molecule has 0 unspecified atom stereocenters. The van der Waals surface area contributed by atoms with Gasteiger partial charge in [-0.1, -0.05) is 18.2 Å². The Morgan fingerprint density at radius 3 is 2.56 bits per heavy atom. The van der Waals surface area contributed by atoms with Gasteiger partial charge in [-0.2, -0.15) is 0 Å². The van der Waals surface area contributed by atoms with Gasteiger partial charge in [-0.05, 0) is 43.2 Å². The van der Waals surface area contributed by atoms with Crippen molar-refractivity contribution >= 4 is 5.69 Å². The van der Waals surface area contributed by atoms with Gasteiger partial charge < -0.3 is 15.6 Å². The first kappa shape index (κ1) is 12.3. The monoisotopic (exact) mass is 243 g/mol. The second-order valence-corrected chi connectivity index (χ2v) is 4.39. The van der Waals surface area contributed by atoms with E-state index in [1.807, 2.05) is 44.2 Å². The van der Waals surface area contributed by atoms with Crippen molar-refractivity contribution in [2.45, 2.75) is 20.5 Å². The van der Waals surface area contributed by atoms with Crippen LogP contribution in [0.2, 0.25) is 0 Å². The SMILES string of the molecule is Cc1cc(OCc2ccccc2N)c(C)cc1O. The summed E-state index contributed by atoms with van der Waals surface area (Å²) in [5, 5.41) is 9.58. The number of anilines is 1. The summed E-state index contributed by atoms with van der Waals surface area (Å²) in [5.74, 6) is 1.06. The van der Waals surface area contributed by atoms with Crippen LogP contribution in [-0.2, 0) is 6.61 Å². The van der Waals surface area contributed by atoms with E-state index >= 15 is 0 Å². The van der Waals surface area contributed by atoms with Gasteiger partial charge in [0.25, 0.3) is 0 Å². The van der Waals surface area contributed by atoms with E-state index in [1.54, 1.807) is 6.07 Å². The molecular formula is C15H17NO2. The molecule has 0 spiro atoms. The summed E-state index contributed by atoms with van der Waals surface area (Å²) < 4.78 is 5.75. The molecule has 3 heteroatoms. The van der Waals surface area contributed by atoms with Gasteiger partial charge >= 0.3 is 0 Å². The Bertz CT molecular complexity index is 564. The fourth-order valence-corrected chi connectivity index (χ4v) is 1.75. The van der Waals surface area contributed by atoms with E-state index in [9.17, 15) is 5.11 Å². The Kier molecular flexibility index (Phi) is 3.42. The number of phenols is 1. The molecule has 0 atom stereocenters. The normalized spacial score (nSPS) is 10.3. The predicted octanol–water partition coefficient (Wildman–Crippen LogP) is 3.17. The van der Waals surface area contributed by atoms with Crippen molar-refractivity contribution < 1.29 is 9.84 Å². The van der Waals surface area contributed by atoms with Gasteiger partial charge in [0.15, 0.2) is 0 Å². The van der Waals surface area contributed by atoms with Crippen LogP contribution in [0, 0.1) is 13.8 Å². The standard InChI is InChI=1S/C15H17NO2/c1-10-8-15(11(2)7-14(10)17)18-9-12-5-3-4-6-13(12)16/h3-8,17H,9,16H2,1-2H3. The molecule has 0 bridgehead atoms. The van der Waals surface area contributed by atoms with E-state index in [-0.39, 0.29) is 0 Å². The summed E-state index contributed by atoms with van der Waals surface area (Å²) in [4.78, 5) is 0. The lowest BCUT2D eigenvalue weighted by Gasteiger charge is -2.12. The molecule has 0 heterocycles. The maximum absolute atomic E-state index is 9.58. The summed E-state index contributed by atoms with van der Waals surface area (Å²) in [5.41, 5.74) is 9.26. The molecule has 18 heavy (non-hydrogen) atoms. The average Bonchev–Trinajstić information content (AvgIpc) is 2.34. The highest BCUT2D eigenvalue weighted by atomic mass is 16.5. The van der Waals surface area contributed by atoms with Crippen molar-refractivity contribution in [2.75, 3.05) is 5.73 Å². The number of hydrogen-bond acceptors (Lipinski definition) is 3. The minimum atomic E-state index is 0.291. The van der Waals surface area contributed by atoms with E-state index < -0.39 is 0 Å². The van der Waals surface area contributed by atoms with E-state index in [1.165, 1.54) is 0 Å². The molecule has 0 fully saturated rings. The quantitative estimate of drug-likeness (QED) is 0.814. The Labute approximate surface area is 107 Å². The summed E-state index contributed by atoms with van der Waals surface area (Å²) in [6.07, 6.45) is 0. The minimum Gasteiger partial charge on any atom is -0.508 e. The smallest absolute Gasteiger partial charge is 0.123 e. The zero-order valence-corrected chi connectivity index (χ0v) is 10.6.